The van der Waals surface area contributed by atoms with E-state index >= 15 is 0 Å². The molecule has 6 heteroatoms. The highest BCUT2D eigenvalue weighted by atomic mass is 16.7. The Bertz CT molecular complexity index is 784. The van der Waals surface area contributed by atoms with Crippen LogP contribution >= 0.6 is 0 Å². The van der Waals surface area contributed by atoms with Gasteiger partial charge in [-0.25, -0.2) is 0 Å². The molecule has 5 unspecified atom stereocenters. The van der Waals surface area contributed by atoms with Crippen LogP contribution in [0.15, 0.2) is 0 Å². The lowest BCUT2D eigenvalue weighted by molar-refractivity contribution is -0.344. The van der Waals surface area contributed by atoms with E-state index in [-0.39, 0.29) is 41.1 Å². The van der Waals surface area contributed by atoms with E-state index in [1.807, 2.05) is 0 Å². The predicted molar refractivity (Wildman–Crippen MR) is 142 cm³/mol. The number of rotatable bonds is 8. The molecule has 6 rings (SSSR count). The first-order valence-electron chi connectivity index (χ1n) is 15.2. The first-order chi connectivity index (χ1) is 17.3. The van der Waals surface area contributed by atoms with Crippen LogP contribution in [-0.4, -0.2) is 48.6 Å². The highest BCUT2D eigenvalue weighted by Gasteiger charge is 2.68. The normalized spacial score (nSPS) is 41.5. The van der Waals surface area contributed by atoms with Gasteiger partial charge in [0.15, 0.2) is 12.6 Å². The third-order valence-electron chi connectivity index (χ3n) is 9.90. The van der Waals surface area contributed by atoms with Crippen LogP contribution in [0.2, 0.25) is 0 Å². The molecule has 2 saturated heterocycles. The van der Waals surface area contributed by atoms with E-state index in [2.05, 4.69) is 41.5 Å². The van der Waals surface area contributed by atoms with Gasteiger partial charge in [0.1, 0.15) is 5.60 Å². The van der Waals surface area contributed by atoms with E-state index in [0.29, 0.717) is 5.92 Å². The molecular formula is C31H52O6. The summed E-state index contributed by atoms with van der Waals surface area (Å²) in [5, 5.41) is 0. The number of esters is 1. The summed E-state index contributed by atoms with van der Waals surface area (Å²) in [6.45, 7) is 14.6. The van der Waals surface area contributed by atoms with Gasteiger partial charge in [-0.05, 0) is 88.4 Å². The molecule has 6 fully saturated rings. The summed E-state index contributed by atoms with van der Waals surface area (Å²) in [6, 6.07) is 0. The molecule has 6 aliphatic rings. The van der Waals surface area contributed by atoms with Crippen LogP contribution in [-0.2, 0) is 28.5 Å². The van der Waals surface area contributed by atoms with Crippen molar-refractivity contribution in [3.05, 3.63) is 0 Å². The van der Waals surface area contributed by atoms with Crippen LogP contribution in [0, 0.1) is 22.7 Å². The third-order valence-corrected chi connectivity index (χ3v) is 9.90. The maximum absolute atomic E-state index is 14.1. The quantitative estimate of drug-likeness (QED) is 0.323. The standard InChI is InChI=1S/C31H52O6/c1-22(2)28(6,18-27(3,4)5)26(32)37-31-17-23-15-29(20-31,35-24-11-7-9-13-33-24)19-30(16-23,21-31)36-25-12-8-10-14-34-25/h22-25H,7-21H2,1-6H3. The molecular weight excluding hydrogens is 468 g/mol. The van der Waals surface area contributed by atoms with Crippen LogP contribution in [0.1, 0.15) is 125 Å². The van der Waals surface area contributed by atoms with E-state index in [0.717, 1.165) is 96.7 Å². The van der Waals surface area contributed by atoms with Gasteiger partial charge in [0.25, 0.3) is 0 Å². The average molecular weight is 521 g/mol. The molecule has 0 spiro atoms. The predicted octanol–water partition coefficient (Wildman–Crippen LogP) is 6.93. The first-order valence-corrected chi connectivity index (χ1v) is 15.2. The van der Waals surface area contributed by atoms with Crippen molar-refractivity contribution in [3.8, 4) is 0 Å². The zero-order chi connectivity index (χ0) is 26.5. The van der Waals surface area contributed by atoms with Crippen molar-refractivity contribution < 1.29 is 28.5 Å². The number of carbonyl (C=O) groups excluding carboxylic acids is 1. The molecule has 0 radical (unpaired) electrons. The Morgan fingerprint density at radius 3 is 1.73 bits per heavy atom. The maximum Gasteiger partial charge on any atom is 0.312 e. The lowest BCUT2D eigenvalue weighted by atomic mass is 9.50. The van der Waals surface area contributed by atoms with Gasteiger partial charge in [-0.3, -0.25) is 4.79 Å². The molecule has 4 aliphatic carbocycles. The molecule has 0 amide bonds. The van der Waals surface area contributed by atoms with E-state index < -0.39 is 11.0 Å². The molecule has 212 valence electrons. The second-order valence-electron chi connectivity index (χ2n) is 15.1. The largest absolute Gasteiger partial charge is 0.458 e. The second-order valence-corrected chi connectivity index (χ2v) is 15.1. The van der Waals surface area contributed by atoms with Gasteiger partial charge in [0, 0.05) is 32.5 Å². The fourth-order valence-electron chi connectivity index (χ4n) is 8.65. The molecule has 0 aromatic carbocycles. The Morgan fingerprint density at radius 2 is 1.30 bits per heavy atom. The number of ether oxygens (including phenoxy) is 5. The smallest absolute Gasteiger partial charge is 0.312 e. The topological polar surface area (TPSA) is 63.2 Å². The number of hydrogen-bond acceptors (Lipinski definition) is 6. The molecule has 4 saturated carbocycles. The van der Waals surface area contributed by atoms with Gasteiger partial charge in [-0.2, -0.15) is 0 Å². The molecule has 5 atom stereocenters. The van der Waals surface area contributed by atoms with Crippen molar-refractivity contribution >= 4 is 5.97 Å². The zero-order valence-electron chi connectivity index (χ0n) is 24.4. The van der Waals surface area contributed by atoms with E-state index in [1.165, 1.54) is 0 Å². The molecule has 2 aliphatic heterocycles. The lowest BCUT2D eigenvalue weighted by Gasteiger charge is -2.65. The van der Waals surface area contributed by atoms with Crippen LogP contribution in [0.3, 0.4) is 0 Å². The second kappa shape index (κ2) is 10.1. The Labute approximate surface area is 224 Å². The van der Waals surface area contributed by atoms with Crippen LogP contribution in [0.4, 0.5) is 0 Å². The monoisotopic (exact) mass is 520 g/mol. The summed E-state index contributed by atoms with van der Waals surface area (Å²) < 4.78 is 32.7. The highest BCUT2D eigenvalue weighted by molar-refractivity contribution is 5.77. The van der Waals surface area contributed by atoms with E-state index in [4.69, 9.17) is 23.7 Å². The molecule has 37 heavy (non-hydrogen) atoms. The summed E-state index contributed by atoms with van der Waals surface area (Å²) in [6.07, 6.45) is 12.1. The molecule has 0 aromatic rings. The lowest BCUT2D eigenvalue weighted by Crippen LogP contribution is -2.69. The zero-order valence-corrected chi connectivity index (χ0v) is 24.4. The number of hydrogen-bond donors (Lipinski definition) is 0. The average Bonchev–Trinajstić information content (AvgIpc) is 2.77. The Balaban J connectivity index is 1.43. The van der Waals surface area contributed by atoms with Gasteiger partial charge in [0.2, 0.25) is 0 Å². The third kappa shape index (κ3) is 5.93. The Morgan fingerprint density at radius 1 is 0.811 bits per heavy atom. The van der Waals surface area contributed by atoms with Crippen molar-refractivity contribution in [1.29, 1.82) is 0 Å². The minimum Gasteiger partial charge on any atom is -0.458 e. The van der Waals surface area contributed by atoms with Crippen molar-refractivity contribution in [2.75, 3.05) is 13.2 Å². The van der Waals surface area contributed by atoms with Gasteiger partial charge in [-0.1, -0.05) is 34.6 Å². The summed E-state index contributed by atoms with van der Waals surface area (Å²) in [7, 11) is 0. The van der Waals surface area contributed by atoms with E-state index in [9.17, 15) is 4.79 Å². The highest BCUT2D eigenvalue weighted by Crippen LogP contribution is 2.64. The molecule has 2 heterocycles. The molecule has 0 N–H and O–H groups in total. The van der Waals surface area contributed by atoms with Crippen molar-refractivity contribution in [3.63, 3.8) is 0 Å². The summed E-state index contributed by atoms with van der Waals surface area (Å²) in [4.78, 5) is 14.1. The first kappa shape index (κ1) is 27.9. The van der Waals surface area contributed by atoms with Gasteiger partial charge in [-0.15, -0.1) is 0 Å². The summed E-state index contributed by atoms with van der Waals surface area (Å²) in [5.74, 6) is 0.562. The van der Waals surface area contributed by atoms with Crippen molar-refractivity contribution in [1.82, 2.24) is 0 Å². The van der Waals surface area contributed by atoms with Crippen LogP contribution in [0.25, 0.3) is 0 Å². The van der Waals surface area contributed by atoms with E-state index in [1.54, 1.807) is 0 Å². The van der Waals surface area contributed by atoms with Crippen LogP contribution in [0.5, 0.6) is 0 Å². The maximum atomic E-state index is 14.1. The van der Waals surface area contributed by atoms with Gasteiger partial charge in [0.05, 0.1) is 16.6 Å². The minimum atomic E-state index is -0.548. The minimum absolute atomic E-state index is 0.0326. The molecule has 4 bridgehead atoms. The fraction of sp³-hybridized carbons (Fsp3) is 0.968. The molecule has 0 aromatic heterocycles. The number of carbonyl (C=O) groups is 1. The van der Waals surface area contributed by atoms with Crippen LogP contribution < -0.4 is 0 Å². The summed E-state index contributed by atoms with van der Waals surface area (Å²) in [5.41, 5.74) is -1.79. The SMILES string of the molecule is CC(C)C(C)(CC(C)(C)C)C(=O)OC12CC3CC(OC4CCCCO4)(C1)CC(OC1CCCCO1)(C3)C2. The van der Waals surface area contributed by atoms with Crippen molar-refractivity contribution in [2.24, 2.45) is 22.7 Å². The van der Waals surface area contributed by atoms with Gasteiger partial charge >= 0.3 is 5.97 Å². The fourth-order valence-corrected chi connectivity index (χ4v) is 8.65. The Hall–Kier alpha value is -0.690. The summed E-state index contributed by atoms with van der Waals surface area (Å²) >= 11 is 0. The van der Waals surface area contributed by atoms with Crippen molar-refractivity contribution in [2.45, 2.75) is 154 Å². The van der Waals surface area contributed by atoms with Gasteiger partial charge < -0.3 is 23.7 Å². The Kier molecular flexibility index (Phi) is 7.57. The molecule has 6 nitrogen and oxygen atoms in total.